The molecule has 3 aromatic heterocycles. The Labute approximate surface area is 263 Å². The molecule has 210 valence electrons. The molecule has 0 spiro atoms. The maximum atomic E-state index is 2.48. The monoisotopic (exact) mass is 590 g/mol. The number of fused-ring (bicyclic) bond motifs is 9. The van der Waals surface area contributed by atoms with E-state index < -0.39 is 0 Å². The minimum absolute atomic E-state index is 1.18. The van der Waals surface area contributed by atoms with Gasteiger partial charge in [0.2, 0.25) is 0 Å². The Morgan fingerprint density at radius 2 is 0.956 bits per heavy atom. The normalized spacial score (nSPS) is 12.0. The summed E-state index contributed by atoms with van der Waals surface area (Å²) in [5, 5.41) is 7.72. The molecule has 3 heteroatoms. The minimum Gasteiger partial charge on any atom is -0.309 e. The lowest BCUT2D eigenvalue weighted by Gasteiger charge is -2.11. The predicted molar refractivity (Wildman–Crippen MR) is 193 cm³/mol. The fraction of sp³-hybridized carbons (Fsp3) is 0. The molecule has 3 heterocycles. The van der Waals surface area contributed by atoms with Crippen molar-refractivity contribution in [3.8, 4) is 22.5 Å². The van der Waals surface area contributed by atoms with Crippen LogP contribution in [0.1, 0.15) is 0 Å². The van der Waals surface area contributed by atoms with E-state index in [0.29, 0.717) is 0 Å². The molecule has 10 aromatic rings. The molecular formula is C42H26N2S. The predicted octanol–water partition coefficient (Wildman–Crippen LogP) is 11.9. The summed E-state index contributed by atoms with van der Waals surface area (Å²) in [5.74, 6) is 0. The lowest BCUT2D eigenvalue weighted by Crippen LogP contribution is -1.94. The molecule has 0 radical (unpaired) electrons. The van der Waals surface area contributed by atoms with Gasteiger partial charge in [-0.2, -0.15) is 0 Å². The summed E-state index contributed by atoms with van der Waals surface area (Å²) in [6.45, 7) is 0. The van der Waals surface area contributed by atoms with Crippen molar-refractivity contribution in [3.63, 3.8) is 0 Å². The molecule has 0 N–H and O–H groups in total. The third kappa shape index (κ3) is 3.56. The molecule has 2 nitrogen and oxygen atoms in total. The smallest absolute Gasteiger partial charge is 0.0640 e. The quantitative estimate of drug-likeness (QED) is 0.194. The van der Waals surface area contributed by atoms with Crippen molar-refractivity contribution in [1.29, 1.82) is 0 Å². The van der Waals surface area contributed by atoms with Gasteiger partial charge in [0.15, 0.2) is 0 Å². The molecule has 0 fully saturated rings. The molecular weight excluding hydrogens is 565 g/mol. The van der Waals surface area contributed by atoms with Gasteiger partial charge in [0.1, 0.15) is 0 Å². The molecule has 0 atom stereocenters. The van der Waals surface area contributed by atoms with Crippen molar-refractivity contribution < 1.29 is 0 Å². The number of para-hydroxylation sites is 3. The highest BCUT2D eigenvalue weighted by molar-refractivity contribution is 7.26. The van der Waals surface area contributed by atoms with Gasteiger partial charge in [-0.25, -0.2) is 0 Å². The van der Waals surface area contributed by atoms with E-state index in [1.165, 1.54) is 86.3 Å². The highest BCUT2D eigenvalue weighted by atomic mass is 32.1. The molecule has 10 rings (SSSR count). The van der Waals surface area contributed by atoms with Crippen molar-refractivity contribution >= 4 is 75.1 Å². The van der Waals surface area contributed by atoms with Crippen LogP contribution in [-0.2, 0) is 0 Å². The van der Waals surface area contributed by atoms with Crippen LogP contribution < -0.4 is 0 Å². The van der Waals surface area contributed by atoms with Crippen LogP contribution in [0.3, 0.4) is 0 Å². The Morgan fingerprint density at radius 1 is 0.356 bits per heavy atom. The first-order valence-electron chi connectivity index (χ1n) is 15.4. The molecule has 45 heavy (non-hydrogen) atoms. The lowest BCUT2D eigenvalue weighted by atomic mass is 10.0. The summed E-state index contributed by atoms with van der Waals surface area (Å²) >= 11 is 1.88. The molecule has 0 unspecified atom stereocenters. The minimum atomic E-state index is 1.18. The van der Waals surface area contributed by atoms with E-state index >= 15 is 0 Å². The van der Waals surface area contributed by atoms with Gasteiger partial charge in [0.05, 0.1) is 32.5 Å². The van der Waals surface area contributed by atoms with Crippen LogP contribution in [0.4, 0.5) is 0 Å². The van der Waals surface area contributed by atoms with Crippen LogP contribution in [0.15, 0.2) is 158 Å². The van der Waals surface area contributed by atoms with Gasteiger partial charge in [-0.3, -0.25) is 0 Å². The summed E-state index contributed by atoms with van der Waals surface area (Å²) in [5.41, 5.74) is 9.75. The second-order valence-electron chi connectivity index (χ2n) is 11.8. The Morgan fingerprint density at radius 3 is 1.80 bits per heavy atom. The van der Waals surface area contributed by atoms with Gasteiger partial charge >= 0.3 is 0 Å². The Kier molecular flexibility index (Phi) is 5.19. The fourth-order valence-corrected chi connectivity index (χ4v) is 8.53. The van der Waals surface area contributed by atoms with Crippen molar-refractivity contribution in [3.05, 3.63) is 158 Å². The summed E-state index contributed by atoms with van der Waals surface area (Å²) in [4.78, 5) is 0. The van der Waals surface area contributed by atoms with E-state index in [2.05, 4.69) is 167 Å². The maximum absolute atomic E-state index is 2.48. The Bertz CT molecular complexity index is 2760. The van der Waals surface area contributed by atoms with Crippen molar-refractivity contribution in [2.24, 2.45) is 0 Å². The zero-order valence-electron chi connectivity index (χ0n) is 24.3. The summed E-state index contributed by atoms with van der Waals surface area (Å²) < 4.78 is 7.50. The van der Waals surface area contributed by atoms with E-state index in [0.717, 1.165) is 0 Å². The average Bonchev–Trinajstić information content (AvgIpc) is 3.76. The van der Waals surface area contributed by atoms with Crippen LogP contribution >= 0.6 is 11.3 Å². The Balaban J connectivity index is 1.23. The van der Waals surface area contributed by atoms with Crippen molar-refractivity contribution in [2.75, 3.05) is 0 Å². The molecule has 0 aliphatic heterocycles. The summed E-state index contributed by atoms with van der Waals surface area (Å²) in [7, 11) is 0. The second kappa shape index (κ2) is 9.43. The van der Waals surface area contributed by atoms with Crippen LogP contribution in [0.2, 0.25) is 0 Å². The molecule has 0 aliphatic rings. The number of hydrogen-bond acceptors (Lipinski definition) is 1. The zero-order valence-corrected chi connectivity index (χ0v) is 25.1. The van der Waals surface area contributed by atoms with Crippen LogP contribution in [-0.4, -0.2) is 9.13 Å². The number of hydrogen-bond donors (Lipinski definition) is 0. The number of benzene rings is 7. The van der Waals surface area contributed by atoms with E-state index in [9.17, 15) is 0 Å². The first kappa shape index (κ1) is 24.8. The van der Waals surface area contributed by atoms with Crippen molar-refractivity contribution in [2.45, 2.75) is 0 Å². The lowest BCUT2D eigenvalue weighted by molar-refractivity contribution is 1.18. The number of thiophene rings is 1. The summed E-state index contributed by atoms with van der Waals surface area (Å²) in [6.07, 6.45) is 0. The van der Waals surface area contributed by atoms with Gasteiger partial charge in [-0.05, 0) is 65.7 Å². The van der Waals surface area contributed by atoms with Gasteiger partial charge < -0.3 is 9.13 Å². The van der Waals surface area contributed by atoms with E-state index in [-0.39, 0.29) is 0 Å². The molecule has 0 aliphatic carbocycles. The third-order valence-corrected chi connectivity index (χ3v) is 10.5. The highest BCUT2D eigenvalue weighted by Crippen LogP contribution is 2.42. The first-order valence-corrected chi connectivity index (χ1v) is 16.2. The standard InChI is InChI=1S/C42H26N2S/c1-2-11-29(12-3-1)43-36-17-7-5-14-31(36)35-25-27(22-24-38(35)43)28-21-23-32-30-13-4-8-18-37(30)44(40(32)26-28)39-19-10-16-34-33-15-6-9-20-41(33)45-42(34)39/h1-26H. The maximum Gasteiger partial charge on any atom is 0.0640 e. The van der Waals surface area contributed by atoms with E-state index in [1.807, 2.05) is 11.3 Å². The van der Waals surface area contributed by atoms with Crippen molar-refractivity contribution in [1.82, 2.24) is 9.13 Å². The number of aromatic nitrogens is 2. The largest absolute Gasteiger partial charge is 0.309 e. The fourth-order valence-electron chi connectivity index (χ4n) is 7.33. The Hall–Kier alpha value is -5.64. The SMILES string of the molecule is c1ccc(-n2c3ccccc3c3cc(-c4ccc5c6ccccc6n(-c6cccc7c6sc6ccccc67)c5c4)ccc32)cc1. The molecule has 0 bridgehead atoms. The third-order valence-electron chi connectivity index (χ3n) is 9.32. The average molecular weight is 591 g/mol. The van der Waals surface area contributed by atoms with Crippen LogP contribution in [0.5, 0.6) is 0 Å². The molecule has 7 aromatic carbocycles. The number of rotatable bonds is 3. The topological polar surface area (TPSA) is 9.86 Å². The van der Waals surface area contributed by atoms with Crippen LogP contribution in [0.25, 0.3) is 86.3 Å². The van der Waals surface area contributed by atoms with Gasteiger partial charge in [-0.15, -0.1) is 11.3 Å². The number of nitrogens with zero attached hydrogens (tertiary/aromatic N) is 2. The van der Waals surface area contributed by atoms with E-state index in [4.69, 9.17) is 0 Å². The molecule has 0 saturated heterocycles. The summed E-state index contributed by atoms with van der Waals surface area (Å²) in [6, 6.07) is 57.6. The highest BCUT2D eigenvalue weighted by Gasteiger charge is 2.18. The van der Waals surface area contributed by atoms with Gasteiger partial charge in [-0.1, -0.05) is 103 Å². The van der Waals surface area contributed by atoms with Gasteiger partial charge in [0, 0.05) is 42.7 Å². The first-order chi connectivity index (χ1) is 22.3. The zero-order chi connectivity index (χ0) is 29.5. The molecule has 0 saturated carbocycles. The van der Waals surface area contributed by atoms with E-state index in [1.54, 1.807) is 0 Å². The van der Waals surface area contributed by atoms with Gasteiger partial charge in [0.25, 0.3) is 0 Å². The van der Waals surface area contributed by atoms with Crippen LogP contribution in [0, 0.1) is 0 Å². The second-order valence-corrected chi connectivity index (χ2v) is 12.8. The molecule has 0 amide bonds.